The van der Waals surface area contributed by atoms with Crippen LogP contribution in [0.15, 0.2) is 42.5 Å². The van der Waals surface area contributed by atoms with Crippen molar-refractivity contribution >= 4 is 11.6 Å². The van der Waals surface area contributed by atoms with Crippen LogP contribution in [0.1, 0.15) is 61.8 Å². The molecule has 2 aromatic carbocycles. The van der Waals surface area contributed by atoms with Crippen LogP contribution in [-0.2, 0) is 24.1 Å². The molecule has 4 rings (SSSR count). The largest absolute Gasteiger partial charge is 0.312 e. The van der Waals surface area contributed by atoms with E-state index in [1.165, 1.54) is 35.1 Å². The maximum absolute atomic E-state index is 12.4. The molecular weight excluding hydrogens is 330 g/mol. The van der Waals surface area contributed by atoms with E-state index in [-0.39, 0.29) is 5.91 Å². The summed E-state index contributed by atoms with van der Waals surface area (Å²) < 4.78 is 0. The van der Waals surface area contributed by atoms with E-state index in [9.17, 15) is 4.79 Å². The van der Waals surface area contributed by atoms with Gasteiger partial charge in [-0.15, -0.1) is 0 Å². The van der Waals surface area contributed by atoms with Crippen molar-refractivity contribution in [3.05, 3.63) is 64.7 Å². The summed E-state index contributed by atoms with van der Waals surface area (Å²) in [7, 11) is 0. The third kappa shape index (κ3) is 3.54. The molecule has 1 unspecified atom stereocenters. The van der Waals surface area contributed by atoms with Gasteiger partial charge in [0.1, 0.15) is 0 Å². The zero-order chi connectivity index (χ0) is 19.0. The molecule has 0 bridgehead atoms. The molecule has 0 saturated carbocycles. The lowest BCUT2D eigenvalue weighted by Crippen LogP contribution is -2.37. The van der Waals surface area contributed by atoms with Gasteiger partial charge in [-0.1, -0.05) is 57.2 Å². The minimum Gasteiger partial charge on any atom is -0.312 e. The van der Waals surface area contributed by atoms with Crippen LogP contribution in [0.25, 0.3) is 0 Å². The van der Waals surface area contributed by atoms with E-state index >= 15 is 0 Å². The molecule has 2 nitrogen and oxygen atoms in total. The van der Waals surface area contributed by atoms with Crippen molar-refractivity contribution in [1.29, 1.82) is 0 Å². The fraction of sp³-hybridized carbons (Fsp3) is 0.480. The number of rotatable bonds is 4. The molecule has 0 aromatic heterocycles. The van der Waals surface area contributed by atoms with Crippen molar-refractivity contribution in [2.75, 3.05) is 11.4 Å². The van der Waals surface area contributed by atoms with E-state index < -0.39 is 0 Å². The van der Waals surface area contributed by atoms with E-state index in [2.05, 4.69) is 56.3 Å². The molecule has 1 amide bonds. The normalized spacial score (nSPS) is 19.3. The SMILES string of the molecule is CCC(=O)N1CCC(C(C)C)c2cc(CC3Cc4ccccc4C3)ccc21. The zero-order valence-corrected chi connectivity index (χ0v) is 16.9. The number of anilines is 1. The van der Waals surface area contributed by atoms with Gasteiger partial charge in [0.2, 0.25) is 5.91 Å². The lowest BCUT2D eigenvalue weighted by Gasteiger charge is -2.36. The fourth-order valence-electron chi connectivity index (χ4n) is 5.09. The first-order chi connectivity index (χ1) is 13.1. The van der Waals surface area contributed by atoms with Crippen molar-refractivity contribution in [3.8, 4) is 0 Å². The van der Waals surface area contributed by atoms with E-state index in [4.69, 9.17) is 0 Å². The predicted octanol–water partition coefficient (Wildman–Crippen LogP) is 5.53. The Kier molecular flexibility index (Phi) is 5.08. The van der Waals surface area contributed by atoms with Crippen molar-refractivity contribution in [3.63, 3.8) is 0 Å². The van der Waals surface area contributed by atoms with Crippen LogP contribution >= 0.6 is 0 Å². The third-order valence-corrected chi connectivity index (χ3v) is 6.51. The number of hydrogen-bond donors (Lipinski definition) is 0. The Balaban J connectivity index is 1.59. The molecule has 2 aromatic rings. The molecule has 1 atom stereocenters. The van der Waals surface area contributed by atoms with Gasteiger partial charge in [0.25, 0.3) is 0 Å². The van der Waals surface area contributed by atoms with Crippen molar-refractivity contribution in [1.82, 2.24) is 0 Å². The first kappa shape index (κ1) is 18.3. The second-order valence-electron chi connectivity index (χ2n) is 8.68. The molecule has 27 heavy (non-hydrogen) atoms. The summed E-state index contributed by atoms with van der Waals surface area (Å²) in [5.41, 5.74) is 7.04. The summed E-state index contributed by atoms with van der Waals surface area (Å²) in [5, 5.41) is 0. The Bertz CT molecular complexity index is 813. The van der Waals surface area contributed by atoms with Crippen LogP contribution in [0.3, 0.4) is 0 Å². The lowest BCUT2D eigenvalue weighted by molar-refractivity contribution is -0.118. The van der Waals surface area contributed by atoms with Crippen molar-refractivity contribution < 1.29 is 4.79 Å². The first-order valence-corrected chi connectivity index (χ1v) is 10.6. The van der Waals surface area contributed by atoms with Crippen LogP contribution in [0.5, 0.6) is 0 Å². The van der Waals surface area contributed by atoms with Crippen LogP contribution in [0, 0.1) is 11.8 Å². The van der Waals surface area contributed by atoms with Gasteiger partial charge in [-0.3, -0.25) is 4.79 Å². The smallest absolute Gasteiger partial charge is 0.226 e. The zero-order valence-electron chi connectivity index (χ0n) is 16.9. The minimum absolute atomic E-state index is 0.248. The second-order valence-corrected chi connectivity index (χ2v) is 8.68. The molecule has 1 aliphatic carbocycles. The number of carbonyl (C=O) groups is 1. The van der Waals surface area contributed by atoms with Gasteiger partial charge in [-0.05, 0) is 71.8 Å². The molecule has 0 spiro atoms. The van der Waals surface area contributed by atoms with E-state index in [1.54, 1.807) is 0 Å². The summed E-state index contributed by atoms with van der Waals surface area (Å²) in [6.45, 7) is 7.44. The van der Waals surface area contributed by atoms with Gasteiger partial charge in [0.05, 0.1) is 0 Å². The lowest BCUT2D eigenvalue weighted by atomic mass is 9.80. The quantitative estimate of drug-likeness (QED) is 0.701. The van der Waals surface area contributed by atoms with Gasteiger partial charge in [-0.25, -0.2) is 0 Å². The molecule has 1 heterocycles. The molecule has 1 aliphatic heterocycles. The van der Waals surface area contributed by atoms with E-state index in [0.29, 0.717) is 24.2 Å². The highest BCUT2D eigenvalue weighted by Gasteiger charge is 2.30. The molecule has 0 N–H and O–H groups in total. The van der Waals surface area contributed by atoms with Crippen LogP contribution < -0.4 is 4.90 Å². The van der Waals surface area contributed by atoms with Crippen molar-refractivity contribution in [2.45, 2.75) is 58.8 Å². The van der Waals surface area contributed by atoms with Crippen LogP contribution in [0.4, 0.5) is 5.69 Å². The Labute approximate surface area is 163 Å². The fourth-order valence-corrected chi connectivity index (χ4v) is 5.09. The number of carbonyl (C=O) groups excluding carboxylic acids is 1. The number of nitrogens with zero attached hydrogens (tertiary/aromatic N) is 1. The maximum atomic E-state index is 12.4. The Morgan fingerprint density at radius 2 is 1.81 bits per heavy atom. The monoisotopic (exact) mass is 361 g/mol. The Hall–Kier alpha value is -2.09. The Morgan fingerprint density at radius 1 is 1.11 bits per heavy atom. The Morgan fingerprint density at radius 3 is 2.44 bits per heavy atom. The average molecular weight is 362 g/mol. The highest BCUT2D eigenvalue weighted by molar-refractivity contribution is 5.94. The molecule has 142 valence electrons. The standard InChI is InChI=1S/C25H31NO/c1-4-25(27)26-12-11-22(17(2)3)23-16-18(9-10-24(23)26)13-19-14-20-7-5-6-8-21(20)15-19/h5-10,16-17,19,22H,4,11-15H2,1-3H3. The number of fused-ring (bicyclic) bond motifs is 2. The third-order valence-electron chi connectivity index (χ3n) is 6.51. The van der Waals surface area contributed by atoms with Gasteiger partial charge < -0.3 is 4.90 Å². The molecule has 2 heteroatoms. The number of benzene rings is 2. The molecule has 0 fully saturated rings. The van der Waals surface area contributed by atoms with Crippen LogP contribution in [-0.4, -0.2) is 12.5 Å². The minimum atomic E-state index is 0.248. The average Bonchev–Trinajstić information content (AvgIpc) is 3.08. The molecule has 0 saturated heterocycles. The summed E-state index contributed by atoms with van der Waals surface area (Å²) in [5.74, 6) is 2.11. The molecule has 2 aliphatic rings. The predicted molar refractivity (Wildman–Crippen MR) is 112 cm³/mol. The molecular formula is C25H31NO. The number of hydrogen-bond acceptors (Lipinski definition) is 1. The van der Waals surface area contributed by atoms with E-state index in [1.807, 2.05) is 11.8 Å². The summed E-state index contributed by atoms with van der Waals surface area (Å²) in [4.78, 5) is 14.4. The summed E-state index contributed by atoms with van der Waals surface area (Å²) >= 11 is 0. The van der Waals surface area contributed by atoms with Crippen LogP contribution in [0.2, 0.25) is 0 Å². The van der Waals surface area contributed by atoms with Gasteiger partial charge in [-0.2, -0.15) is 0 Å². The van der Waals surface area contributed by atoms with Gasteiger partial charge >= 0.3 is 0 Å². The second kappa shape index (κ2) is 7.50. The first-order valence-electron chi connectivity index (χ1n) is 10.6. The van der Waals surface area contributed by atoms with Gasteiger partial charge in [0.15, 0.2) is 0 Å². The highest BCUT2D eigenvalue weighted by atomic mass is 16.2. The van der Waals surface area contributed by atoms with Gasteiger partial charge in [0, 0.05) is 18.7 Å². The summed E-state index contributed by atoms with van der Waals surface area (Å²) in [6.07, 6.45) is 5.18. The molecule has 0 radical (unpaired) electrons. The summed E-state index contributed by atoms with van der Waals surface area (Å²) in [6, 6.07) is 15.8. The topological polar surface area (TPSA) is 20.3 Å². The van der Waals surface area contributed by atoms with Crippen molar-refractivity contribution in [2.24, 2.45) is 11.8 Å². The maximum Gasteiger partial charge on any atom is 0.226 e. The van der Waals surface area contributed by atoms with E-state index in [0.717, 1.165) is 25.1 Å². The highest BCUT2D eigenvalue weighted by Crippen LogP contribution is 2.41. The number of amides is 1.